The SMILES string of the molecule is N#CC1C=CCN=C1. The van der Waals surface area contributed by atoms with Gasteiger partial charge in [-0.3, -0.25) is 4.99 Å². The lowest BCUT2D eigenvalue weighted by Crippen LogP contribution is -1.98. The highest BCUT2D eigenvalue weighted by Crippen LogP contribution is 1.97. The minimum absolute atomic E-state index is 0.0799. The quantitative estimate of drug-likeness (QED) is 0.420. The van der Waals surface area contributed by atoms with E-state index in [9.17, 15) is 0 Å². The molecular weight excluding hydrogens is 100 g/mol. The summed E-state index contributed by atoms with van der Waals surface area (Å²) in [6, 6.07) is 2.07. The first kappa shape index (κ1) is 5.04. The second kappa shape index (κ2) is 2.27. The summed E-state index contributed by atoms with van der Waals surface area (Å²) >= 11 is 0. The third-order valence-electron chi connectivity index (χ3n) is 0.969. The van der Waals surface area contributed by atoms with Crippen molar-refractivity contribution >= 4 is 6.21 Å². The molecule has 1 aliphatic rings. The summed E-state index contributed by atoms with van der Waals surface area (Å²) < 4.78 is 0. The second-order valence-corrected chi connectivity index (χ2v) is 1.60. The van der Waals surface area contributed by atoms with E-state index in [4.69, 9.17) is 5.26 Å². The predicted molar refractivity (Wildman–Crippen MR) is 31.6 cm³/mol. The fourth-order valence-electron chi connectivity index (χ4n) is 0.569. The molecule has 0 saturated carbocycles. The summed E-state index contributed by atoms with van der Waals surface area (Å²) in [5.41, 5.74) is 0. The number of nitriles is 1. The standard InChI is InChI=1S/C6H6N2/c7-4-6-2-1-3-8-5-6/h1-2,5-6H,3H2. The van der Waals surface area contributed by atoms with Crippen LogP contribution in [0.2, 0.25) is 0 Å². The van der Waals surface area contributed by atoms with Gasteiger partial charge in [-0.2, -0.15) is 5.26 Å². The van der Waals surface area contributed by atoms with Gasteiger partial charge >= 0.3 is 0 Å². The highest BCUT2D eigenvalue weighted by atomic mass is 14.7. The van der Waals surface area contributed by atoms with Crippen LogP contribution in [0.15, 0.2) is 17.1 Å². The predicted octanol–water partition coefficient (Wildman–Crippen LogP) is 0.767. The molecule has 0 aromatic heterocycles. The molecule has 1 heterocycles. The van der Waals surface area contributed by atoms with Crippen molar-refractivity contribution in [1.82, 2.24) is 0 Å². The van der Waals surface area contributed by atoms with E-state index in [1.807, 2.05) is 12.2 Å². The van der Waals surface area contributed by atoms with Gasteiger partial charge in [0.2, 0.25) is 0 Å². The number of hydrogen-bond donors (Lipinski definition) is 0. The van der Waals surface area contributed by atoms with Crippen LogP contribution in [0.1, 0.15) is 0 Å². The zero-order valence-electron chi connectivity index (χ0n) is 4.41. The molecule has 0 N–H and O–H groups in total. The van der Waals surface area contributed by atoms with Gasteiger partial charge in [-0.25, -0.2) is 0 Å². The molecule has 0 bridgehead atoms. The maximum atomic E-state index is 8.30. The monoisotopic (exact) mass is 106 g/mol. The Morgan fingerprint density at radius 3 is 3.00 bits per heavy atom. The highest BCUT2D eigenvalue weighted by molar-refractivity contribution is 5.67. The van der Waals surface area contributed by atoms with Crippen LogP contribution in [0.4, 0.5) is 0 Å². The molecule has 0 aromatic rings. The lowest BCUT2D eigenvalue weighted by molar-refractivity contribution is 1.08. The van der Waals surface area contributed by atoms with Crippen LogP contribution in [0, 0.1) is 17.2 Å². The van der Waals surface area contributed by atoms with Crippen molar-refractivity contribution in [2.24, 2.45) is 10.9 Å². The van der Waals surface area contributed by atoms with Crippen molar-refractivity contribution in [3.8, 4) is 6.07 Å². The third-order valence-corrected chi connectivity index (χ3v) is 0.969. The molecule has 0 radical (unpaired) electrons. The van der Waals surface area contributed by atoms with Gasteiger partial charge in [0.1, 0.15) is 0 Å². The summed E-state index contributed by atoms with van der Waals surface area (Å²) in [6.07, 6.45) is 5.42. The Balaban J connectivity index is 2.58. The Bertz CT molecular complexity index is 150. The maximum absolute atomic E-state index is 8.30. The number of allylic oxidation sites excluding steroid dienone is 1. The fourth-order valence-corrected chi connectivity index (χ4v) is 0.569. The topological polar surface area (TPSA) is 36.1 Å². The highest BCUT2D eigenvalue weighted by Gasteiger charge is 1.98. The Labute approximate surface area is 48.2 Å². The Hall–Kier alpha value is -1.10. The van der Waals surface area contributed by atoms with Gasteiger partial charge < -0.3 is 0 Å². The molecule has 0 spiro atoms. The van der Waals surface area contributed by atoms with Crippen LogP contribution in [0.25, 0.3) is 0 Å². The maximum Gasteiger partial charge on any atom is 0.0992 e. The summed E-state index contributed by atoms with van der Waals surface area (Å²) in [7, 11) is 0. The van der Waals surface area contributed by atoms with Gasteiger partial charge in [-0.15, -0.1) is 0 Å². The molecule has 0 aromatic carbocycles. The lowest BCUT2D eigenvalue weighted by Gasteiger charge is -1.96. The van der Waals surface area contributed by atoms with Crippen molar-refractivity contribution in [2.45, 2.75) is 0 Å². The van der Waals surface area contributed by atoms with E-state index in [2.05, 4.69) is 11.1 Å². The van der Waals surface area contributed by atoms with Gasteiger partial charge in [0.15, 0.2) is 0 Å². The number of rotatable bonds is 0. The van der Waals surface area contributed by atoms with Crippen LogP contribution in [-0.4, -0.2) is 12.8 Å². The smallest absolute Gasteiger partial charge is 0.0992 e. The van der Waals surface area contributed by atoms with Crippen molar-refractivity contribution in [2.75, 3.05) is 6.54 Å². The molecule has 1 rings (SSSR count). The van der Waals surface area contributed by atoms with E-state index in [1.165, 1.54) is 0 Å². The Kier molecular flexibility index (Phi) is 1.43. The minimum Gasteiger partial charge on any atom is -0.292 e. The molecule has 1 aliphatic heterocycles. The first-order chi connectivity index (χ1) is 3.93. The average Bonchev–Trinajstić information content (AvgIpc) is 1.90. The van der Waals surface area contributed by atoms with Crippen LogP contribution in [0.3, 0.4) is 0 Å². The molecule has 1 unspecified atom stereocenters. The number of nitrogens with zero attached hydrogens (tertiary/aromatic N) is 2. The molecule has 1 atom stereocenters. The van der Waals surface area contributed by atoms with Crippen LogP contribution in [0.5, 0.6) is 0 Å². The van der Waals surface area contributed by atoms with E-state index in [0.29, 0.717) is 0 Å². The summed E-state index contributed by atoms with van der Waals surface area (Å²) in [5.74, 6) is -0.0799. The second-order valence-electron chi connectivity index (χ2n) is 1.60. The Morgan fingerprint density at radius 2 is 2.62 bits per heavy atom. The first-order valence-corrected chi connectivity index (χ1v) is 2.49. The summed E-state index contributed by atoms with van der Waals surface area (Å²) in [4.78, 5) is 3.90. The van der Waals surface area contributed by atoms with Crippen molar-refractivity contribution < 1.29 is 0 Å². The fraction of sp³-hybridized carbons (Fsp3) is 0.333. The molecule has 0 aliphatic carbocycles. The van der Waals surface area contributed by atoms with Crippen molar-refractivity contribution in [3.63, 3.8) is 0 Å². The molecular formula is C6H6N2. The van der Waals surface area contributed by atoms with E-state index in [-0.39, 0.29) is 5.92 Å². The Morgan fingerprint density at radius 1 is 1.75 bits per heavy atom. The van der Waals surface area contributed by atoms with E-state index < -0.39 is 0 Å². The van der Waals surface area contributed by atoms with Gasteiger partial charge in [-0.1, -0.05) is 12.2 Å². The van der Waals surface area contributed by atoms with Crippen LogP contribution >= 0.6 is 0 Å². The normalized spacial score (nSPS) is 25.1. The van der Waals surface area contributed by atoms with Crippen molar-refractivity contribution in [1.29, 1.82) is 5.26 Å². The molecule has 0 saturated heterocycles. The van der Waals surface area contributed by atoms with Crippen molar-refractivity contribution in [3.05, 3.63) is 12.2 Å². The van der Waals surface area contributed by atoms with Gasteiger partial charge in [0.25, 0.3) is 0 Å². The first-order valence-electron chi connectivity index (χ1n) is 2.49. The van der Waals surface area contributed by atoms with Gasteiger partial charge in [-0.05, 0) is 0 Å². The lowest BCUT2D eigenvalue weighted by atomic mass is 10.1. The molecule has 2 nitrogen and oxygen atoms in total. The zero-order chi connectivity index (χ0) is 5.82. The largest absolute Gasteiger partial charge is 0.292 e. The minimum atomic E-state index is -0.0799. The zero-order valence-corrected chi connectivity index (χ0v) is 4.41. The van der Waals surface area contributed by atoms with E-state index in [0.717, 1.165) is 6.54 Å². The molecule has 0 fully saturated rings. The molecule has 2 heteroatoms. The van der Waals surface area contributed by atoms with Gasteiger partial charge in [0.05, 0.1) is 18.5 Å². The van der Waals surface area contributed by atoms with Crippen LogP contribution < -0.4 is 0 Å². The number of dihydropyridines is 1. The average molecular weight is 106 g/mol. The van der Waals surface area contributed by atoms with E-state index in [1.54, 1.807) is 6.21 Å². The third kappa shape index (κ3) is 0.941. The van der Waals surface area contributed by atoms with Gasteiger partial charge in [0, 0.05) is 6.21 Å². The molecule has 8 heavy (non-hydrogen) atoms. The van der Waals surface area contributed by atoms with Crippen LogP contribution in [-0.2, 0) is 0 Å². The summed E-state index contributed by atoms with van der Waals surface area (Å²) in [5, 5.41) is 8.30. The summed E-state index contributed by atoms with van der Waals surface area (Å²) in [6.45, 7) is 0.734. The van der Waals surface area contributed by atoms with E-state index >= 15 is 0 Å². The molecule has 40 valence electrons. The number of hydrogen-bond acceptors (Lipinski definition) is 2. The number of aliphatic imine (C=N–C) groups is 1. The molecule has 0 amide bonds.